The number of aromatic nitrogens is 3. The van der Waals surface area contributed by atoms with E-state index in [2.05, 4.69) is 15.3 Å². The normalized spacial score (nSPS) is 10.4. The number of amides is 1. The van der Waals surface area contributed by atoms with E-state index < -0.39 is 0 Å². The van der Waals surface area contributed by atoms with Crippen LogP contribution in [0.4, 0.5) is 0 Å². The lowest BCUT2D eigenvalue weighted by Gasteiger charge is -2.00. The highest BCUT2D eigenvalue weighted by atomic mass is 16.1. The molecule has 0 aliphatic carbocycles. The van der Waals surface area contributed by atoms with Crippen LogP contribution in [0.15, 0.2) is 31.0 Å². The van der Waals surface area contributed by atoms with E-state index in [0.29, 0.717) is 25.3 Å². The Morgan fingerprint density at radius 1 is 1.59 bits per heavy atom. The molecule has 0 atom stereocenters. The number of H-pyrrole nitrogens is 1. The van der Waals surface area contributed by atoms with E-state index in [0.717, 1.165) is 5.56 Å². The van der Waals surface area contributed by atoms with Gasteiger partial charge in [0, 0.05) is 38.2 Å². The molecule has 2 aromatic heterocycles. The second kappa shape index (κ2) is 5.31. The van der Waals surface area contributed by atoms with Crippen LogP contribution in [-0.2, 0) is 13.1 Å². The molecule has 0 aliphatic heterocycles. The van der Waals surface area contributed by atoms with E-state index in [1.165, 1.54) is 0 Å². The summed E-state index contributed by atoms with van der Waals surface area (Å²) in [5.41, 5.74) is 6.85. The number of nitrogens with two attached hydrogens (primary N) is 1. The van der Waals surface area contributed by atoms with Crippen LogP contribution in [0.3, 0.4) is 0 Å². The zero-order valence-electron chi connectivity index (χ0n) is 9.39. The zero-order chi connectivity index (χ0) is 12.1. The number of aromatic amines is 1. The minimum atomic E-state index is -0.179. The van der Waals surface area contributed by atoms with Crippen molar-refractivity contribution in [2.75, 3.05) is 6.54 Å². The number of nitrogens with one attached hydrogen (secondary N) is 2. The average Bonchev–Trinajstić information content (AvgIpc) is 2.97. The molecule has 2 aromatic rings. The molecular weight excluding hydrogens is 218 g/mol. The first kappa shape index (κ1) is 11.4. The van der Waals surface area contributed by atoms with Crippen molar-refractivity contribution in [1.29, 1.82) is 0 Å². The second-order valence-electron chi connectivity index (χ2n) is 3.69. The number of hydrogen-bond acceptors (Lipinski definition) is 3. The Balaban J connectivity index is 1.90. The quantitative estimate of drug-likeness (QED) is 0.684. The SMILES string of the molecule is NCCn1cnc(C(=O)NCc2cc[nH]c2)c1. The van der Waals surface area contributed by atoms with Crippen molar-refractivity contribution in [2.45, 2.75) is 13.1 Å². The lowest BCUT2D eigenvalue weighted by Crippen LogP contribution is -2.22. The van der Waals surface area contributed by atoms with Crippen LogP contribution >= 0.6 is 0 Å². The van der Waals surface area contributed by atoms with Crippen molar-refractivity contribution in [3.05, 3.63) is 42.2 Å². The fourth-order valence-electron chi connectivity index (χ4n) is 1.49. The summed E-state index contributed by atoms with van der Waals surface area (Å²) in [5.74, 6) is -0.179. The van der Waals surface area contributed by atoms with Crippen molar-refractivity contribution >= 4 is 5.91 Å². The van der Waals surface area contributed by atoms with Gasteiger partial charge in [-0.2, -0.15) is 0 Å². The maximum absolute atomic E-state index is 11.7. The van der Waals surface area contributed by atoms with E-state index in [9.17, 15) is 4.79 Å². The molecule has 6 heteroatoms. The van der Waals surface area contributed by atoms with E-state index in [4.69, 9.17) is 5.73 Å². The highest BCUT2D eigenvalue weighted by molar-refractivity contribution is 5.91. The maximum Gasteiger partial charge on any atom is 0.271 e. The molecule has 1 amide bonds. The standard InChI is InChI=1S/C11H15N5O/c12-2-4-16-7-10(15-8-16)11(17)14-6-9-1-3-13-5-9/h1,3,5,7-8,13H,2,4,6,12H2,(H,14,17). The summed E-state index contributed by atoms with van der Waals surface area (Å²) in [5, 5.41) is 2.79. The highest BCUT2D eigenvalue weighted by Gasteiger charge is 2.08. The predicted octanol–water partition coefficient (Wildman–Crippen LogP) is 0.0999. The van der Waals surface area contributed by atoms with Gasteiger partial charge in [0.15, 0.2) is 0 Å². The van der Waals surface area contributed by atoms with Crippen LogP contribution < -0.4 is 11.1 Å². The largest absolute Gasteiger partial charge is 0.367 e. The van der Waals surface area contributed by atoms with Crippen LogP contribution in [0.2, 0.25) is 0 Å². The van der Waals surface area contributed by atoms with Gasteiger partial charge in [-0.1, -0.05) is 0 Å². The van der Waals surface area contributed by atoms with E-state index >= 15 is 0 Å². The van der Waals surface area contributed by atoms with Gasteiger partial charge < -0.3 is 20.6 Å². The molecule has 0 spiro atoms. The van der Waals surface area contributed by atoms with Gasteiger partial charge in [-0.15, -0.1) is 0 Å². The molecule has 0 fully saturated rings. The van der Waals surface area contributed by atoms with Gasteiger partial charge in [0.1, 0.15) is 5.69 Å². The summed E-state index contributed by atoms with van der Waals surface area (Å²) in [4.78, 5) is 18.7. The predicted molar refractivity (Wildman–Crippen MR) is 63.2 cm³/mol. The van der Waals surface area contributed by atoms with Crippen molar-refractivity contribution in [3.63, 3.8) is 0 Å². The Morgan fingerprint density at radius 2 is 2.47 bits per heavy atom. The van der Waals surface area contributed by atoms with E-state index in [-0.39, 0.29) is 5.91 Å². The molecule has 0 saturated carbocycles. The zero-order valence-corrected chi connectivity index (χ0v) is 9.39. The third-order valence-electron chi connectivity index (χ3n) is 2.37. The summed E-state index contributed by atoms with van der Waals surface area (Å²) < 4.78 is 1.80. The molecule has 2 heterocycles. The smallest absolute Gasteiger partial charge is 0.271 e. The fraction of sp³-hybridized carbons (Fsp3) is 0.273. The first-order valence-electron chi connectivity index (χ1n) is 5.41. The van der Waals surface area contributed by atoms with Crippen molar-refractivity contribution in [1.82, 2.24) is 19.9 Å². The average molecular weight is 233 g/mol. The molecule has 0 radical (unpaired) electrons. The fourth-order valence-corrected chi connectivity index (χ4v) is 1.49. The van der Waals surface area contributed by atoms with Crippen molar-refractivity contribution in [2.24, 2.45) is 5.73 Å². The summed E-state index contributed by atoms with van der Waals surface area (Å²) in [7, 11) is 0. The van der Waals surface area contributed by atoms with Gasteiger partial charge in [0.05, 0.1) is 6.33 Å². The lowest BCUT2D eigenvalue weighted by atomic mass is 10.3. The molecule has 0 saturated heterocycles. The molecule has 17 heavy (non-hydrogen) atoms. The van der Waals surface area contributed by atoms with Gasteiger partial charge in [-0.25, -0.2) is 4.98 Å². The van der Waals surface area contributed by atoms with Crippen LogP contribution in [0.1, 0.15) is 16.1 Å². The minimum Gasteiger partial charge on any atom is -0.367 e. The van der Waals surface area contributed by atoms with Crippen molar-refractivity contribution in [3.8, 4) is 0 Å². The summed E-state index contributed by atoms with van der Waals surface area (Å²) in [6.45, 7) is 1.69. The summed E-state index contributed by atoms with van der Waals surface area (Å²) in [6, 6.07) is 1.91. The second-order valence-corrected chi connectivity index (χ2v) is 3.69. The molecule has 0 bridgehead atoms. The van der Waals surface area contributed by atoms with Crippen LogP contribution in [-0.4, -0.2) is 27.0 Å². The van der Waals surface area contributed by atoms with Crippen molar-refractivity contribution < 1.29 is 4.79 Å². The van der Waals surface area contributed by atoms with E-state index in [1.54, 1.807) is 17.1 Å². The highest BCUT2D eigenvalue weighted by Crippen LogP contribution is 1.99. The maximum atomic E-state index is 11.7. The molecule has 0 unspecified atom stereocenters. The third-order valence-corrected chi connectivity index (χ3v) is 2.37. The Hall–Kier alpha value is -2.08. The van der Waals surface area contributed by atoms with E-state index in [1.807, 2.05) is 18.5 Å². The Kier molecular flexibility index (Phi) is 3.56. The summed E-state index contributed by atoms with van der Waals surface area (Å²) >= 11 is 0. The number of nitrogens with zero attached hydrogens (tertiary/aromatic N) is 2. The van der Waals surface area contributed by atoms with Gasteiger partial charge >= 0.3 is 0 Å². The summed E-state index contributed by atoms with van der Waals surface area (Å²) in [6.07, 6.45) is 6.96. The van der Waals surface area contributed by atoms with Crippen LogP contribution in [0.25, 0.3) is 0 Å². The van der Waals surface area contributed by atoms with Crippen LogP contribution in [0, 0.1) is 0 Å². The Bertz CT molecular complexity index is 474. The minimum absolute atomic E-state index is 0.179. The number of rotatable bonds is 5. The number of carbonyl (C=O) groups is 1. The number of carbonyl (C=O) groups excluding carboxylic acids is 1. The molecule has 90 valence electrons. The number of hydrogen-bond donors (Lipinski definition) is 3. The molecule has 6 nitrogen and oxygen atoms in total. The monoisotopic (exact) mass is 233 g/mol. The van der Waals surface area contributed by atoms with Gasteiger partial charge in [-0.05, 0) is 11.6 Å². The topological polar surface area (TPSA) is 88.7 Å². The first-order valence-corrected chi connectivity index (χ1v) is 5.41. The molecular formula is C11H15N5O. The molecule has 0 aromatic carbocycles. The van der Waals surface area contributed by atoms with Gasteiger partial charge in [0.2, 0.25) is 0 Å². The molecule has 4 N–H and O–H groups in total. The Labute approximate surface area is 98.8 Å². The first-order chi connectivity index (χ1) is 8.29. The Morgan fingerprint density at radius 3 is 3.18 bits per heavy atom. The van der Waals surface area contributed by atoms with Gasteiger partial charge in [0.25, 0.3) is 5.91 Å². The lowest BCUT2D eigenvalue weighted by molar-refractivity contribution is 0.0946. The molecule has 2 rings (SSSR count). The van der Waals surface area contributed by atoms with Gasteiger partial charge in [-0.3, -0.25) is 4.79 Å². The molecule has 0 aliphatic rings. The van der Waals surface area contributed by atoms with Crippen LogP contribution in [0.5, 0.6) is 0 Å². The third kappa shape index (κ3) is 2.94. The number of imidazole rings is 1.